The quantitative estimate of drug-likeness (QED) is 0.796. The molecule has 2 aromatic carbocycles. The molecule has 0 atom stereocenters. The second kappa shape index (κ2) is 7.36. The molecule has 0 spiro atoms. The van der Waals surface area contributed by atoms with Gasteiger partial charge in [-0.1, -0.05) is 18.2 Å². The highest BCUT2D eigenvalue weighted by molar-refractivity contribution is 5.88. The summed E-state index contributed by atoms with van der Waals surface area (Å²) in [5, 5.41) is 8.95. The molecule has 0 fully saturated rings. The van der Waals surface area contributed by atoms with Crippen molar-refractivity contribution in [2.24, 2.45) is 0 Å². The number of rotatable bonds is 7. The molecule has 116 valence electrons. The predicted octanol–water partition coefficient (Wildman–Crippen LogP) is 3.16. The van der Waals surface area contributed by atoms with E-state index >= 15 is 0 Å². The monoisotopic (exact) mass is 302 g/mol. The van der Waals surface area contributed by atoms with E-state index in [1.165, 1.54) is 19.2 Å². The highest BCUT2D eigenvalue weighted by Crippen LogP contribution is 2.28. The van der Waals surface area contributed by atoms with Crippen LogP contribution in [0, 0.1) is 6.92 Å². The van der Waals surface area contributed by atoms with Crippen molar-refractivity contribution in [3.63, 3.8) is 0 Å². The Morgan fingerprint density at radius 2 is 1.68 bits per heavy atom. The van der Waals surface area contributed by atoms with Gasteiger partial charge in [-0.25, -0.2) is 4.79 Å². The Morgan fingerprint density at radius 3 is 2.32 bits per heavy atom. The molecule has 0 amide bonds. The maximum absolute atomic E-state index is 10.9. The van der Waals surface area contributed by atoms with Crippen molar-refractivity contribution in [3.8, 4) is 17.2 Å². The molecule has 0 radical (unpaired) electrons. The van der Waals surface area contributed by atoms with E-state index in [4.69, 9.17) is 19.3 Å². The average Bonchev–Trinajstić information content (AvgIpc) is 2.53. The van der Waals surface area contributed by atoms with Gasteiger partial charge in [0.2, 0.25) is 0 Å². The molecule has 2 aromatic rings. The van der Waals surface area contributed by atoms with Gasteiger partial charge in [-0.05, 0) is 36.8 Å². The molecule has 0 aromatic heterocycles. The summed E-state index contributed by atoms with van der Waals surface area (Å²) in [6.45, 7) is 2.69. The van der Waals surface area contributed by atoms with Gasteiger partial charge in [-0.15, -0.1) is 0 Å². The number of benzene rings is 2. The normalized spacial score (nSPS) is 10.1. The largest absolute Gasteiger partial charge is 0.493 e. The Kier molecular flexibility index (Phi) is 5.25. The number of aromatic carboxylic acids is 1. The van der Waals surface area contributed by atoms with E-state index < -0.39 is 5.97 Å². The third kappa shape index (κ3) is 3.91. The molecule has 0 heterocycles. The standard InChI is InChI=1S/C17H18O5/c1-12-5-3-4-6-14(12)21-9-10-22-15-8-7-13(17(18)19)11-16(15)20-2/h3-8,11H,9-10H2,1-2H3,(H,18,19). The van der Waals surface area contributed by atoms with Crippen molar-refractivity contribution in [1.29, 1.82) is 0 Å². The van der Waals surface area contributed by atoms with Gasteiger partial charge in [0.15, 0.2) is 11.5 Å². The minimum absolute atomic E-state index is 0.153. The SMILES string of the molecule is COc1cc(C(=O)O)ccc1OCCOc1ccccc1C. The molecular formula is C17H18O5. The number of methoxy groups -OCH3 is 1. The number of hydrogen-bond acceptors (Lipinski definition) is 4. The van der Waals surface area contributed by atoms with Crippen LogP contribution < -0.4 is 14.2 Å². The molecule has 2 rings (SSSR count). The molecule has 5 heteroatoms. The summed E-state index contributed by atoms with van der Waals surface area (Å²) < 4.78 is 16.4. The Labute approximate surface area is 129 Å². The van der Waals surface area contributed by atoms with E-state index in [-0.39, 0.29) is 5.56 Å². The predicted molar refractivity (Wildman–Crippen MR) is 82.1 cm³/mol. The Morgan fingerprint density at radius 1 is 1.00 bits per heavy atom. The van der Waals surface area contributed by atoms with Gasteiger partial charge in [0.05, 0.1) is 12.7 Å². The fourth-order valence-corrected chi connectivity index (χ4v) is 1.94. The van der Waals surface area contributed by atoms with Crippen molar-refractivity contribution in [1.82, 2.24) is 0 Å². The first kappa shape index (κ1) is 15.7. The summed E-state index contributed by atoms with van der Waals surface area (Å²) in [7, 11) is 1.47. The first-order valence-electron chi connectivity index (χ1n) is 6.84. The van der Waals surface area contributed by atoms with E-state index in [0.29, 0.717) is 24.7 Å². The summed E-state index contributed by atoms with van der Waals surface area (Å²) in [5.74, 6) is 0.684. The first-order chi connectivity index (χ1) is 10.6. The molecular weight excluding hydrogens is 284 g/mol. The average molecular weight is 302 g/mol. The van der Waals surface area contributed by atoms with Crippen molar-refractivity contribution >= 4 is 5.97 Å². The highest BCUT2D eigenvalue weighted by atomic mass is 16.5. The van der Waals surface area contributed by atoms with Crippen molar-refractivity contribution < 1.29 is 24.1 Å². The zero-order valence-corrected chi connectivity index (χ0v) is 12.5. The maximum Gasteiger partial charge on any atom is 0.335 e. The van der Waals surface area contributed by atoms with Crippen molar-refractivity contribution in [2.75, 3.05) is 20.3 Å². The summed E-state index contributed by atoms with van der Waals surface area (Å²) >= 11 is 0. The first-order valence-corrected chi connectivity index (χ1v) is 6.84. The molecule has 22 heavy (non-hydrogen) atoms. The summed E-state index contributed by atoms with van der Waals surface area (Å²) in [4.78, 5) is 10.9. The lowest BCUT2D eigenvalue weighted by Crippen LogP contribution is -2.10. The lowest BCUT2D eigenvalue weighted by Gasteiger charge is -2.12. The molecule has 0 bridgehead atoms. The molecule has 1 N–H and O–H groups in total. The van der Waals surface area contributed by atoms with Crippen LogP contribution in [0.25, 0.3) is 0 Å². The van der Waals surface area contributed by atoms with E-state index in [2.05, 4.69) is 0 Å². The van der Waals surface area contributed by atoms with Crippen LogP contribution in [0.5, 0.6) is 17.2 Å². The molecule has 0 aliphatic heterocycles. The number of para-hydroxylation sites is 1. The molecule has 0 unspecified atom stereocenters. The molecule has 0 saturated carbocycles. The third-order valence-electron chi connectivity index (χ3n) is 3.10. The number of hydrogen-bond donors (Lipinski definition) is 1. The van der Waals surface area contributed by atoms with Crippen LogP contribution in [0.1, 0.15) is 15.9 Å². The number of ether oxygens (including phenoxy) is 3. The smallest absolute Gasteiger partial charge is 0.335 e. The Bertz CT molecular complexity index is 651. The van der Waals surface area contributed by atoms with E-state index in [9.17, 15) is 4.79 Å². The molecule has 5 nitrogen and oxygen atoms in total. The van der Waals surface area contributed by atoms with E-state index in [1.807, 2.05) is 31.2 Å². The maximum atomic E-state index is 10.9. The molecule has 0 aliphatic rings. The summed E-state index contributed by atoms with van der Waals surface area (Å²) in [5.41, 5.74) is 1.21. The highest BCUT2D eigenvalue weighted by Gasteiger charge is 2.10. The van der Waals surface area contributed by atoms with Crippen LogP contribution in [0.15, 0.2) is 42.5 Å². The van der Waals surface area contributed by atoms with Gasteiger partial charge < -0.3 is 19.3 Å². The number of aryl methyl sites for hydroxylation is 1. The van der Waals surface area contributed by atoms with Gasteiger partial charge in [-0.2, -0.15) is 0 Å². The van der Waals surface area contributed by atoms with Gasteiger partial charge in [0.1, 0.15) is 19.0 Å². The second-order valence-electron chi connectivity index (χ2n) is 4.63. The van der Waals surface area contributed by atoms with Crippen LogP contribution in [0.4, 0.5) is 0 Å². The van der Waals surface area contributed by atoms with Crippen LogP contribution >= 0.6 is 0 Å². The van der Waals surface area contributed by atoms with Gasteiger partial charge in [-0.3, -0.25) is 0 Å². The molecule has 0 saturated heterocycles. The minimum atomic E-state index is -1.01. The fourth-order valence-electron chi connectivity index (χ4n) is 1.94. The van der Waals surface area contributed by atoms with Crippen molar-refractivity contribution in [3.05, 3.63) is 53.6 Å². The lowest BCUT2D eigenvalue weighted by molar-refractivity contribution is 0.0696. The van der Waals surface area contributed by atoms with Crippen LogP contribution in [0.2, 0.25) is 0 Å². The van der Waals surface area contributed by atoms with Gasteiger partial charge >= 0.3 is 5.97 Å². The number of carboxylic acid groups (broad SMARTS) is 1. The zero-order chi connectivity index (χ0) is 15.9. The fraction of sp³-hybridized carbons (Fsp3) is 0.235. The minimum Gasteiger partial charge on any atom is -0.493 e. The van der Waals surface area contributed by atoms with E-state index in [1.54, 1.807) is 6.07 Å². The Balaban J connectivity index is 1.92. The summed E-state index contributed by atoms with van der Waals surface area (Å²) in [6, 6.07) is 12.2. The zero-order valence-electron chi connectivity index (χ0n) is 12.5. The van der Waals surface area contributed by atoms with Crippen molar-refractivity contribution in [2.45, 2.75) is 6.92 Å². The van der Waals surface area contributed by atoms with Crippen LogP contribution in [-0.4, -0.2) is 31.4 Å². The third-order valence-corrected chi connectivity index (χ3v) is 3.10. The topological polar surface area (TPSA) is 65.0 Å². The second-order valence-corrected chi connectivity index (χ2v) is 4.63. The van der Waals surface area contributed by atoms with Gasteiger partial charge in [0.25, 0.3) is 0 Å². The van der Waals surface area contributed by atoms with E-state index in [0.717, 1.165) is 11.3 Å². The van der Waals surface area contributed by atoms with Gasteiger partial charge in [0, 0.05) is 0 Å². The lowest BCUT2D eigenvalue weighted by atomic mass is 10.2. The molecule has 0 aliphatic carbocycles. The van der Waals surface area contributed by atoms with Crippen LogP contribution in [0.3, 0.4) is 0 Å². The summed E-state index contributed by atoms with van der Waals surface area (Å²) in [6.07, 6.45) is 0. The number of carbonyl (C=O) groups is 1. The van der Waals surface area contributed by atoms with Crippen LogP contribution in [-0.2, 0) is 0 Å². The Hall–Kier alpha value is -2.69. The number of carboxylic acids is 1.